The normalized spacial score (nSPS) is 10.7. The first-order valence-electron chi connectivity index (χ1n) is 9.22. The Labute approximate surface area is 187 Å². The maximum atomic E-state index is 5.80. The molecular weight excluding hydrogens is 436 g/mol. The molecule has 2 heterocycles. The zero-order chi connectivity index (χ0) is 21.6. The fourth-order valence-corrected chi connectivity index (χ4v) is 4.21. The van der Waals surface area contributed by atoms with Gasteiger partial charge in [0.1, 0.15) is 17.2 Å². The molecule has 0 saturated carbocycles. The van der Waals surface area contributed by atoms with Crippen LogP contribution in [0.15, 0.2) is 57.5 Å². The van der Waals surface area contributed by atoms with Gasteiger partial charge >= 0.3 is 0 Å². The first kappa shape index (κ1) is 21.0. The maximum Gasteiger partial charge on any atom is 0.277 e. The number of rotatable bonds is 9. The topological polar surface area (TPSA) is 91.5 Å². The molecule has 0 aliphatic carbocycles. The Balaban J connectivity index is 1.38. The minimum Gasteiger partial charge on any atom is -0.497 e. The highest BCUT2D eigenvalue weighted by Crippen LogP contribution is 2.34. The fourth-order valence-electron chi connectivity index (χ4n) is 2.72. The van der Waals surface area contributed by atoms with E-state index in [1.54, 1.807) is 27.4 Å². The summed E-state index contributed by atoms with van der Waals surface area (Å²) in [5, 5.41) is 14.8. The predicted molar refractivity (Wildman–Crippen MR) is 121 cm³/mol. The third kappa shape index (κ3) is 5.09. The quantitative estimate of drug-likeness (QED) is 0.339. The second kappa shape index (κ2) is 9.71. The number of thiazole rings is 1. The molecule has 31 heavy (non-hydrogen) atoms. The Kier molecular flexibility index (Phi) is 6.58. The Hall–Kier alpha value is -3.24. The van der Waals surface area contributed by atoms with Gasteiger partial charge in [-0.15, -0.1) is 21.5 Å². The monoisotopic (exact) mass is 456 g/mol. The Morgan fingerprint density at radius 2 is 1.74 bits per heavy atom. The van der Waals surface area contributed by atoms with E-state index in [2.05, 4.69) is 20.5 Å². The molecule has 0 bridgehead atoms. The molecule has 10 heteroatoms. The number of anilines is 2. The van der Waals surface area contributed by atoms with Crippen LogP contribution in [0.4, 0.5) is 10.8 Å². The van der Waals surface area contributed by atoms with E-state index in [1.165, 1.54) is 23.1 Å². The van der Waals surface area contributed by atoms with Gasteiger partial charge in [-0.3, -0.25) is 0 Å². The van der Waals surface area contributed by atoms with Crippen molar-refractivity contribution in [1.82, 2.24) is 15.2 Å². The molecule has 0 unspecified atom stereocenters. The summed E-state index contributed by atoms with van der Waals surface area (Å²) in [4.78, 5) is 4.61. The molecular formula is C21H20N4O4S2. The van der Waals surface area contributed by atoms with Gasteiger partial charge < -0.3 is 23.9 Å². The number of benzene rings is 2. The largest absolute Gasteiger partial charge is 0.497 e. The van der Waals surface area contributed by atoms with Gasteiger partial charge in [0.05, 0.1) is 32.6 Å². The third-order valence-electron chi connectivity index (χ3n) is 4.28. The summed E-state index contributed by atoms with van der Waals surface area (Å²) >= 11 is 2.97. The number of ether oxygens (including phenoxy) is 3. The highest BCUT2D eigenvalue weighted by molar-refractivity contribution is 7.98. The lowest BCUT2D eigenvalue weighted by molar-refractivity contribution is 0.393. The molecule has 0 aliphatic heterocycles. The zero-order valence-corrected chi connectivity index (χ0v) is 18.8. The molecule has 4 rings (SSSR count). The second-order valence-electron chi connectivity index (χ2n) is 6.23. The lowest BCUT2D eigenvalue weighted by Crippen LogP contribution is -1.90. The summed E-state index contributed by atoms with van der Waals surface area (Å²) in [5.74, 6) is 3.11. The van der Waals surface area contributed by atoms with Gasteiger partial charge in [0.15, 0.2) is 5.13 Å². The van der Waals surface area contributed by atoms with Crippen LogP contribution >= 0.6 is 23.1 Å². The predicted octanol–water partition coefficient (Wildman–Crippen LogP) is 5.25. The highest BCUT2D eigenvalue weighted by Gasteiger charge is 2.15. The zero-order valence-electron chi connectivity index (χ0n) is 17.1. The van der Waals surface area contributed by atoms with Gasteiger partial charge in [-0.2, -0.15) is 0 Å². The molecule has 0 amide bonds. The van der Waals surface area contributed by atoms with E-state index in [0.29, 0.717) is 33.9 Å². The first-order chi connectivity index (χ1) is 15.2. The van der Waals surface area contributed by atoms with Crippen molar-refractivity contribution in [2.24, 2.45) is 0 Å². The van der Waals surface area contributed by atoms with Crippen molar-refractivity contribution in [3.8, 4) is 28.7 Å². The van der Waals surface area contributed by atoms with Crippen LogP contribution in [0.3, 0.4) is 0 Å². The summed E-state index contributed by atoms with van der Waals surface area (Å²) < 4.78 is 21.6. The molecule has 0 saturated heterocycles. The molecule has 0 radical (unpaired) electrons. The second-order valence-corrected chi connectivity index (χ2v) is 8.01. The van der Waals surface area contributed by atoms with Crippen molar-refractivity contribution in [3.63, 3.8) is 0 Å². The molecule has 4 aromatic rings. The van der Waals surface area contributed by atoms with Crippen LogP contribution in [0, 0.1) is 0 Å². The van der Waals surface area contributed by atoms with E-state index in [-0.39, 0.29) is 0 Å². The summed E-state index contributed by atoms with van der Waals surface area (Å²) in [6.07, 6.45) is 0. The van der Waals surface area contributed by atoms with Crippen molar-refractivity contribution in [2.45, 2.75) is 11.0 Å². The molecule has 0 atom stereocenters. The molecule has 2 aromatic heterocycles. The number of aromatic nitrogens is 3. The van der Waals surface area contributed by atoms with Gasteiger partial charge in [0.25, 0.3) is 11.1 Å². The van der Waals surface area contributed by atoms with Gasteiger partial charge in [-0.05, 0) is 36.4 Å². The Morgan fingerprint density at radius 1 is 0.968 bits per heavy atom. The van der Waals surface area contributed by atoms with E-state index in [1.807, 2.05) is 41.8 Å². The van der Waals surface area contributed by atoms with Crippen molar-refractivity contribution >= 4 is 33.9 Å². The van der Waals surface area contributed by atoms with E-state index in [4.69, 9.17) is 18.6 Å². The van der Waals surface area contributed by atoms with E-state index >= 15 is 0 Å². The third-order valence-corrected chi connectivity index (χ3v) is 5.94. The minimum atomic E-state index is 0.391. The SMILES string of the molecule is COc1ccc(Nc2nc(CSc3nnc(-c4ccc(OC)cc4OC)o3)cs2)cc1. The molecule has 0 spiro atoms. The summed E-state index contributed by atoms with van der Waals surface area (Å²) in [6.45, 7) is 0. The van der Waals surface area contributed by atoms with Crippen LogP contribution in [0.1, 0.15) is 5.69 Å². The summed E-state index contributed by atoms with van der Waals surface area (Å²) in [6, 6.07) is 13.1. The minimum absolute atomic E-state index is 0.391. The number of hydrogen-bond donors (Lipinski definition) is 1. The number of methoxy groups -OCH3 is 3. The molecule has 8 nitrogen and oxygen atoms in total. The van der Waals surface area contributed by atoms with Crippen molar-refractivity contribution in [1.29, 1.82) is 0 Å². The van der Waals surface area contributed by atoms with Crippen molar-refractivity contribution in [2.75, 3.05) is 26.6 Å². The van der Waals surface area contributed by atoms with Gasteiger partial charge in [0, 0.05) is 22.9 Å². The van der Waals surface area contributed by atoms with Crippen LogP contribution in [-0.2, 0) is 5.75 Å². The first-order valence-corrected chi connectivity index (χ1v) is 11.1. The number of thioether (sulfide) groups is 1. The van der Waals surface area contributed by atoms with Gasteiger partial charge in [0.2, 0.25) is 0 Å². The molecule has 0 fully saturated rings. The van der Waals surface area contributed by atoms with Gasteiger partial charge in [-0.25, -0.2) is 4.98 Å². The van der Waals surface area contributed by atoms with E-state index in [9.17, 15) is 0 Å². The average Bonchev–Trinajstić information content (AvgIpc) is 3.47. The van der Waals surface area contributed by atoms with Crippen LogP contribution in [0.25, 0.3) is 11.5 Å². The van der Waals surface area contributed by atoms with Crippen LogP contribution in [0.5, 0.6) is 17.2 Å². The highest BCUT2D eigenvalue weighted by atomic mass is 32.2. The Morgan fingerprint density at radius 3 is 2.48 bits per heavy atom. The van der Waals surface area contributed by atoms with E-state index < -0.39 is 0 Å². The molecule has 0 aliphatic rings. The average molecular weight is 457 g/mol. The number of hydrogen-bond acceptors (Lipinski definition) is 10. The standard InChI is InChI=1S/C21H20N4O4S2/c1-26-15-6-4-13(5-7-15)22-20-23-14(11-30-20)12-31-21-25-24-19(29-21)17-9-8-16(27-2)10-18(17)28-3/h4-11H,12H2,1-3H3,(H,22,23). The summed E-state index contributed by atoms with van der Waals surface area (Å²) in [7, 11) is 4.84. The van der Waals surface area contributed by atoms with E-state index in [0.717, 1.165) is 22.3 Å². The van der Waals surface area contributed by atoms with Gasteiger partial charge in [-0.1, -0.05) is 11.8 Å². The van der Waals surface area contributed by atoms with Crippen molar-refractivity contribution < 1.29 is 18.6 Å². The summed E-state index contributed by atoms with van der Waals surface area (Å²) in [5.41, 5.74) is 2.58. The lowest BCUT2D eigenvalue weighted by Gasteiger charge is -2.07. The van der Waals surface area contributed by atoms with Crippen LogP contribution < -0.4 is 19.5 Å². The fraction of sp³-hybridized carbons (Fsp3) is 0.190. The Bertz CT molecular complexity index is 1140. The lowest BCUT2D eigenvalue weighted by atomic mass is 10.2. The van der Waals surface area contributed by atoms with Crippen LogP contribution in [0.2, 0.25) is 0 Å². The molecule has 2 aromatic carbocycles. The molecule has 160 valence electrons. The smallest absolute Gasteiger partial charge is 0.277 e. The van der Waals surface area contributed by atoms with Crippen LogP contribution in [-0.4, -0.2) is 36.5 Å². The number of nitrogens with one attached hydrogen (secondary N) is 1. The maximum absolute atomic E-state index is 5.80. The van der Waals surface area contributed by atoms with Crippen molar-refractivity contribution in [3.05, 3.63) is 53.5 Å². The number of nitrogens with zero attached hydrogens (tertiary/aromatic N) is 3. The molecule has 1 N–H and O–H groups in total.